The standard InChI is InChI=1S/C11H18O7/c1-2-3-4-5-7(10(14)15)18-8(11(16)17)6-9(12)13/h7-8H,2-6H2,1H3,(H,12,13)(H,14,15)(H,16,17). The van der Waals surface area contributed by atoms with E-state index < -0.39 is 36.5 Å². The van der Waals surface area contributed by atoms with Crippen molar-refractivity contribution in [1.82, 2.24) is 0 Å². The lowest BCUT2D eigenvalue weighted by Crippen LogP contribution is -2.35. The average Bonchev–Trinajstić information content (AvgIpc) is 2.25. The summed E-state index contributed by atoms with van der Waals surface area (Å²) in [6.07, 6.45) is -1.21. The van der Waals surface area contributed by atoms with E-state index in [1.807, 2.05) is 6.92 Å². The van der Waals surface area contributed by atoms with Gasteiger partial charge >= 0.3 is 17.9 Å². The smallest absolute Gasteiger partial charge is 0.333 e. The molecule has 2 atom stereocenters. The maximum atomic E-state index is 10.9. The van der Waals surface area contributed by atoms with Crippen LogP contribution in [0.3, 0.4) is 0 Å². The number of hydrogen-bond acceptors (Lipinski definition) is 4. The lowest BCUT2D eigenvalue weighted by atomic mass is 10.1. The molecule has 3 N–H and O–H groups in total. The molecule has 0 saturated carbocycles. The van der Waals surface area contributed by atoms with E-state index in [1.54, 1.807) is 0 Å². The van der Waals surface area contributed by atoms with Crippen molar-refractivity contribution < 1.29 is 34.4 Å². The molecule has 0 aromatic carbocycles. The first-order chi connectivity index (χ1) is 8.38. The molecule has 0 bridgehead atoms. The molecule has 0 radical (unpaired) electrons. The van der Waals surface area contributed by atoms with Crippen LogP contribution in [0.1, 0.15) is 39.0 Å². The highest BCUT2D eigenvalue weighted by molar-refractivity contribution is 5.80. The zero-order chi connectivity index (χ0) is 14.1. The first-order valence-electron chi connectivity index (χ1n) is 5.71. The summed E-state index contributed by atoms with van der Waals surface area (Å²) in [6.45, 7) is 1.95. The van der Waals surface area contributed by atoms with Gasteiger partial charge in [0.1, 0.15) is 0 Å². The molecule has 0 amide bonds. The zero-order valence-electron chi connectivity index (χ0n) is 10.2. The third-order valence-corrected chi connectivity index (χ3v) is 2.31. The van der Waals surface area contributed by atoms with Crippen molar-refractivity contribution in [1.29, 1.82) is 0 Å². The number of rotatable bonds is 10. The van der Waals surface area contributed by atoms with E-state index in [9.17, 15) is 14.4 Å². The summed E-state index contributed by atoms with van der Waals surface area (Å²) in [5.41, 5.74) is 0. The molecule has 0 aromatic rings. The fourth-order valence-electron chi connectivity index (χ4n) is 1.38. The van der Waals surface area contributed by atoms with Gasteiger partial charge in [-0.25, -0.2) is 9.59 Å². The van der Waals surface area contributed by atoms with Gasteiger partial charge in [-0.2, -0.15) is 0 Å². The molecule has 0 heterocycles. The van der Waals surface area contributed by atoms with Gasteiger partial charge in [0.2, 0.25) is 0 Å². The van der Waals surface area contributed by atoms with E-state index in [2.05, 4.69) is 0 Å². The molecule has 0 rings (SSSR count). The molecule has 0 fully saturated rings. The number of carboxylic acids is 3. The van der Waals surface area contributed by atoms with Gasteiger partial charge in [0, 0.05) is 0 Å². The van der Waals surface area contributed by atoms with Crippen LogP contribution in [-0.2, 0) is 19.1 Å². The topological polar surface area (TPSA) is 121 Å². The summed E-state index contributed by atoms with van der Waals surface area (Å²) in [7, 11) is 0. The van der Waals surface area contributed by atoms with E-state index in [4.69, 9.17) is 20.1 Å². The minimum absolute atomic E-state index is 0.173. The second kappa shape index (κ2) is 8.46. The number of aliphatic carboxylic acids is 3. The molecule has 0 aliphatic carbocycles. The van der Waals surface area contributed by atoms with Crippen LogP contribution < -0.4 is 0 Å². The van der Waals surface area contributed by atoms with Crippen LogP contribution in [0.4, 0.5) is 0 Å². The largest absolute Gasteiger partial charge is 0.481 e. The third-order valence-electron chi connectivity index (χ3n) is 2.31. The molecule has 2 unspecified atom stereocenters. The summed E-state index contributed by atoms with van der Waals surface area (Å²) in [5.74, 6) is -4.10. The van der Waals surface area contributed by atoms with Gasteiger partial charge in [0.05, 0.1) is 6.42 Å². The monoisotopic (exact) mass is 262 g/mol. The van der Waals surface area contributed by atoms with Gasteiger partial charge in [0.15, 0.2) is 12.2 Å². The first kappa shape index (κ1) is 16.4. The lowest BCUT2D eigenvalue weighted by Gasteiger charge is -2.18. The Morgan fingerprint density at radius 2 is 1.56 bits per heavy atom. The maximum Gasteiger partial charge on any atom is 0.333 e. The van der Waals surface area contributed by atoms with Crippen molar-refractivity contribution in [2.45, 2.75) is 51.2 Å². The number of ether oxygens (including phenoxy) is 1. The van der Waals surface area contributed by atoms with Crippen LogP contribution in [0.5, 0.6) is 0 Å². The number of unbranched alkanes of at least 4 members (excludes halogenated alkanes) is 2. The normalized spacial score (nSPS) is 13.8. The number of hydrogen-bond donors (Lipinski definition) is 3. The van der Waals surface area contributed by atoms with Gasteiger partial charge in [-0.3, -0.25) is 4.79 Å². The van der Waals surface area contributed by atoms with Crippen LogP contribution in [0.2, 0.25) is 0 Å². The Balaban J connectivity index is 4.46. The van der Waals surface area contributed by atoms with Gasteiger partial charge in [0.25, 0.3) is 0 Å². The molecule has 0 aliphatic rings. The highest BCUT2D eigenvalue weighted by Gasteiger charge is 2.28. The number of carbonyl (C=O) groups is 3. The predicted molar refractivity (Wildman–Crippen MR) is 60.3 cm³/mol. The predicted octanol–water partition coefficient (Wildman–Crippen LogP) is 0.964. The molecule has 7 nitrogen and oxygen atoms in total. The summed E-state index contributed by atoms with van der Waals surface area (Å²) in [5, 5.41) is 26.1. The molecule has 0 aromatic heterocycles. The Hall–Kier alpha value is -1.63. The fraction of sp³-hybridized carbons (Fsp3) is 0.727. The molecular weight excluding hydrogens is 244 g/mol. The Kier molecular flexibility index (Phi) is 7.69. The SMILES string of the molecule is CCCCCC(OC(CC(=O)O)C(=O)O)C(=O)O. The molecule has 18 heavy (non-hydrogen) atoms. The average molecular weight is 262 g/mol. The maximum absolute atomic E-state index is 10.9. The molecule has 104 valence electrons. The van der Waals surface area contributed by atoms with Crippen LogP contribution >= 0.6 is 0 Å². The summed E-state index contributed by atoms with van der Waals surface area (Å²) in [4.78, 5) is 32.0. The minimum Gasteiger partial charge on any atom is -0.481 e. The zero-order valence-corrected chi connectivity index (χ0v) is 10.2. The fourth-order valence-corrected chi connectivity index (χ4v) is 1.38. The van der Waals surface area contributed by atoms with Crippen molar-refractivity contribution in [2.75, 3.05) is 0 Å². The van der Waals surface area contributed by atoms with Crippen molar-refractivity contribution in [3.63, 3.8) is 0 Å². The summed E-state index contributed by atoms with van der Waals surface area (Å²) < 4.78 is 4.85. The Labute approximate surface area is 104 Å². The Morgan fingerprint density at radius 1 is 1.00 bits per heavy atom. The second-order valence-corrected chi connectivity index (χ2v) is 3.88. The quantitative estimate of drug-likeness (QED) is 0.501. The minimum atomic E-state index is -1.63. The third kappa shape index (κ3) is 6.85. The highest BCUT2D eigenvalue weighted by atomic mass is 16.5. The Bertz CT molecular complexity index is 300. The Morgan fingerprint density at radius 3 is 1.94 bits per heavy atom. The molecule has 7 heteroatoms. The van der Waals surface area contributed by atoms with Crippen molar-refractivity contribution in [3.8, 4) is 0 Å². The van der Waals surface area contributed by atoms with Crippen LogP contribution in [0, 0.1) is 0 Å². The van der Waals surface area contributed by atoms with E-state index in [-0.39, 0.29) is 6.42 Å². The van der Waals surface area contributed by atoms with E-state index in [0.717, 1.165) is 12.8 Å². The van der Waals surface area contributed by atoms with Crippen LogP contribution in [0.15, 0.2) is 0 Å². The molecule has 0 saturated heterocycles. The second-order valence-electron chi connectivity index (χ2n) is 3.88. The molecular formula is C11H18O7. The van der Waals surface area contributed by atoms with E-state index >= 15 is 0 Å². The van der Waals surface area contributed by atoms with E-state index in [0.29, 0.717) is 6.42 Å². The van der Waals surface area contributed by atoms with Gasteiger partial charge in [-0.15, -0.1) is 0 Å². The van der Waals surface area contributed by atoms with Gasteiger partial charge in [-0.1, -0.05) is 26.2 Å². The molecule has 0 aliphatic heterocycles. The first-order valence-corrected chi connectivity index (χ1v) is 5.71. The summed E-state index contributed by atoms with van der Waals surface area (Å²) in [6, 6.07) is 0. The summed E-state index contributed by atoms with van der Waals surface area (Å²) >= 11 is 0. The highest BCUT2D eigenvalue weighted by Crippen LogP contribution is 2.12. The molecule has 0 spiro atoms. The van der Waals surface area contributed by atoms with Gasteiger partial charge < -0.3 is 20.1 Å². The van der Waals surface area contributed by atoms with Crippen molar-refractivity contribution in [3.05, 3.63) is 0 Å². The van der Waals surface area contributed by atoms with E-state index in [1.165, 1.54) is 0 Å². The van der Waals surface area contributed by atoms with Crippen molar-refractivity contribution >= 4 is 17.9 Å². The van der Waals surface area contributed by atoms with Crippen molar-refractivity contribution in [2.24, 2.45) is 0 Å². The van der Waals surface area contributed by atoms with Gasteiger partial charge in [-0.05, 0) is 6.42 Å². The van der Waals surface area contributed by atoms with Crippen LogP contribution in [0.25, 0.3) is 0 Å². The number of carboxylic acid groups (broad SMARTS) is 3. The lowest BCUT2D eigenvalue weighted by molar-refractivity contribution is -0.170. The van der Waals surface area contributed by atoms with Crippen LogP contribution in [-0.4, -0.2) is 45.4 Å².